The third-order valence-corrected chi connectivity index (χ3v) is 5.83. The van der Waals surface area contributed by atoms with Crippen molar-refractivity contribution in [2.45, 2.75) is 65.4 Å². The summed E-state index contributed by atoms with van der Waals surface area (Å²) in [5, 5.41) is 0. The van der Waals surface area contributed by atoms with Crippen LogP contribution in [-0.2, 0) is 14.8 Å². The topological polar surface area (TPSA) is 67.8 Å². The van der Waals surface area contributed by atoms with Gasteiger partial charge in [-0.15, -0.1) is 0 Å². The second kappa shape index (κ2) is 6.72. The SMILES string of the molecule is Cc1ccc(S(=O)(=O)N[C@H](C2=N[C@@H](C(C)(C)C)CO2)C(C)(C)C)cc1. The molecule has 0 amide bonds. The van der Waals surface area contributed by atoms with Gasteiger partial charge in [-0.05, 0) is 29.9 Å². The van der Waals surface area contributed by atoms with Gasteiger partial charge >= 0.3 is 0 Å². The highest BCUT2D eigenvalue weighted by Crippen LogP contribution is 2.30. The summed E-state index contributed by atoms with van der Waals surface area (Å²) in [6.07, 6.45) is 0. The van der Waals surface area contributed by atoms with Crippen LogP contribution in [0.25, 0.3) is 0 Å². The Balaban J connectivity index is 2.32. The number of sulfonamides is 1. The summed E-state index contributed by atoms with van der Waals surface area (Å²) in [6, 6.07) is 6.32. The van der Waals surface area contributed by atoms with Crippen LogP contribution < -0.4 is 4.72 Å². The zero-order valence-electron chi connectivity index (χ0n) is 16.3. The maximum absolute atomic E-state index is 12.8. The van der Waals surface area contributed by atoms with Gasteiger partial charge < -0.3 is 4.74 Å². The van der Waals surface area contributed by atoms with Gasteiger partial charge in [0.15, 0.2) is 0 Å². The summed E-state index contributed by atoms with van der Waals surface area (Å²) < 4.78 is 34.2. The number of aliphatic imine (C=N–C) groups is 1. The van der Waals surface area contributed by atoms with E-state index in [9.17, 15) is 8.42 Å². The third-order valence-electron chi connectivity index (χ3n) is 4.39. The van der Waals surface area contributed by atoms with E-state index < -0.39 is 16.1 Å². The number of rotatable bonds is 4. The van der Waals surface area contributed by atoms with Crippen LogP contribution in [0.4, 0.5) is 0 Å². The lowest BCUT2D eigenvalue weighted by Gasteiger charge is -2.30. The van der Waals surface area contributed by atoms with E-state index >= 15 is 0 Å². The van der Waals surface area contributed by atoms with Gasteiger partial charge in [-0.1, -0.05) is 59.2 Å². The first-order chi connectivity index (χ1) is 11.3. The highest BCUT2D eigenvalue weighted by molar-refractivity contribution is 7.89. The van der Waals surface area contributed by atoms with E-state index in [-0.39, 0.29) is 21.8 Å². The van der Waals surface area contributed by atoms with Gasteiger partial charge in [0.25, 0.3) is 0 Å². The Kier molecular flexibility index (Phi) is 5.36. The van der Waals surface area contributed by atoms with Crippen molar-refractivity contribution in [2.75, 3.05) is 6.61 Å². The van der Waals surface area contributed by atoms with Crippen molar-refractivity contribution in [1.29, 1.82) is 0 Å². The zero-order chi connectivity index (χ0) is 19.0. The maximum atomic E-state index is 12.8. The van der Waals surface area contributed by atoms with Crippen LogP contribution in [0.5, 0.6) is 0 Å². The number of nitrogens with one attached hydrogen (secondary N) is 1. The molecule has 0 unspecified atom stereocenters. The molecule has 5 nitrogen and oxygen atoms in total. The fourth-order valence-electron chi connectivity index (χ4n) is 2.53. The smallest absolute Gasteiger partial charge is 0.241 e. The Morgan fingerprint density at radius 1 is 1.12 bits per heavy atom. The molecule has 0 fully saturated rings. The molecule has 1 aromatic rings. The summed E-state index contributed by atoms with van der Waals surface area (Å²) in [7, 11) is -3.66. The first-order valence-electron chi connectivity index (χ1n) is 8.60. The number of hydrogen-bond acceptors (Lipinski definition) is 4. The lowest BCUT2D eigenvalue weighted by atomic mass is 9.86. The van der Waals surface area contributed by atoms with Gasteiger partial charge in [0.2, 0.25) is 15.9 Å². The largest absolute Gasteiger partial charge is 0.478 e. The number of benzene rings is 1. The van der Waals surface area contributed by atoms with Crippen molar-refractivity contribution in [3.8, 4) is 0 Å². The fraction of sp³-hybridized carbons (Fsp3) is 0.632. The van der Waals surface area contributed by atoms with Gasteiger partial charge in [-0.25, -0.2) is 13.4 Å². The van der Waals surface area contributed by atoms with Crippen LogP contribution in [0, 0.1) is 17.8 Å². The van der Waals surface area contributed by atoms with Crippen LogP contribution in [0.1, 0.15) is 47.1 Å². The van der Waals surface area contributed by atoms with Crippen molar-refractivity contribution in [3.63, 3.8) is 0 Å². The summed E-state index contributed by atoms with van der Waals surface area (Å²) in [5.74, 6) is 0.475. The molecule has 0 aromatic heterocycles. The molecular formula is C19H30N2O3S. The van der Waals surface area contributed by atoms with Gasteiger partial charge in [0.1, 0.15) is 12.6 Å². The average molecular weight is 367 g/mol. The lowest BCUT2D eigenvalue weighted by molar-refractivity contribution is 0.221. The molecule has 1 aliphatic heterocycles. The second-order valence-corrected chi connectivity index (χ2v) is 10.6. The van der Waals surface area contributed by atoms with Gasteiger partial charge in [0, 0.05) is 0 Å². The molecular weight excluding hydrogens is 336 g/mol. The average Bonchev–Trinajstić information content (AvgIpc) is 2.93. The van der Waals surface area contributed by atoms with E-state index in [4.69, 9.17) is 4.74 Å². The first-order valence-corrected chi connectivity index (χ1v) is 10.1. The van der Waals surface area contributed by atoms with E-state index in [1.807, 2.05) is 27.7 Å². The first kappa shape index (κ1) is 19.9. The Morgan fingerprint density at radius 3 is 2.12 bits per heavy atom. The molecule has 25 heavy (non-hydrogen) atoms. The van der Waals surface area contributed by atoms with Crippen LogP contribution in [0.15, 0.2) is 34.2 Å². The van der Waals surface area contributed by atoms with E-state index in [0.29, 0.717) is 12.5 Å². The molecule has 1 aromatic carbocycles. The predicted molar refractivity (Wildman–Crippen MR) is 101 cm³/mol. The summed E-state index contributed by atoms with van der Waals surface area (Å²) in [4.78, 5) is 4.93. The normalized spacial score (nSPS) is 20.1. The molecule has 1 aliphatic rings. The maximum Gasteiger partial charge on any atom is 0.241 e. The summed E-state index contributed by atoms with van der Waals surface area (Å²) in [5.41, 5.74) is 0.617. The van der Waals surface area contributed by atoms with Crippen LogP contribution >= 0.6 is 0 Å². The molecule has 140 valence electrons. The molecule has 2 rings (SSSR count). The molecule has 0 saturated heterocycles. The number of nitrogens with zero attached hydrogens (tertiary/aromatic N) is 1. The summed E-state index contributed by atoms with van der Waals surface area (Å²) in [6.45, 7) is 14.7. The van der Waals surface area contributed by atoms with Crippen molar-refractivity contribution in [1.82, 2.24) is 4.72 Å². The Labute approximate surface area is 151 Å². The van der Waals surface area contributed by atoms with E-state index in [1.54, 1.807) is 24.3 Å². The Hall–Kier alpha value is -1.40. The molecule has 2 atom stereocenters. The van der Waals surface area contributed by atoms with Gasteiger partial charge in [-0.3, -0.25) is 0 Å². The molecule has 0 spiro atoms. The van der Waals surface area contributed by atoms with Crippen LogP contribution in [0.2, 0.25) is 0 Å². The minimum Gasteiger partial charge on any atom is -0.478 e. The highest BCUT2D eigenvalue weighted by Gasteiger charge is 2.40. The van der Waals surface area contributed by atoms with Gasteiger partial charge in [0.05, 0.1) is 10.9 Å². The second-order valence-electron chi connectivity index (χ2n) is 8.89. The number of ether oxygens (including phenoxy) is 1. The molecule has 0 saturated carbocycles. The lowest BCUT2D eigenvalue weighted by Crippen LogP contribution is -2.49. The molecule has 0 bridgehead atoms. The third kappa shape index (κ3) is 4.82. The van der Waals surface area contributed by atoms with E-state index in [2.05, 4.69) is 30.5 Å². The molecule has 0 aliphatic carbocycles. The fourth-order valence-corrected chi connectivity index (χ4v) is 3.93. The number of aryl methyl sites for hydroxylation is 1. The van der Waals surface area contributed by atoms with Crippen LogP contribution in [0.3, 0.4) is 0 Å². The molecule has 6 heteroatoms. The molecule has 1 N–H and O–H groups in total. The van der Waals surface area contributed by atoms with Crippen molar-refractivity contribution in [3.05, 3.63) is 29.8 Å². The predicted octanol–water partition coefficient (Wildman–Crippen LogP) is 3.53. The van der Waals surface area contributed by atoms with E-state index in [1.165, 1.54) is 0 Å². The molecule has 1 heterocycles. The quantitative estimate of drug-likeness (QED) is 0.886. The monoisotopic (exact) mass is 366 g/mol. The zero-order valence-corrected chi connectivity index (χ0v) is 17.1. The standard InChI is InChI=1S/C19H30N2O3S/c1-13-8-10-14(11-9-13)25(22,23)21-16(19(5,6)7)17-20-15(12-24-17)18(2,3)4/h8-11,15-16,21H,12H2,1-7H3/t15-,16-/m1/s1. The van der Waals surface area contributed by atoms with Crippen molar-refractivity contribution in [2.24, 2.45) is 15.8 Å². The van der Waals surface area contributed by atoms with Gasteiger partial charge in [-0.2, -0.15) is 4.72 Å². The van der Waals surface area contributed by atoms with E-state index in [0.717, 1.165) is 5.56 Å². The summed E-state index contributed by atoms with van der Waals surface area (Å²) >= 11 is 0. The Bertz CT molecular complexity index is 738. The highest BCUT2D eigenvalue weighted by atomic mass is 32.2. The Morgan fingerprint density at radius 2 is 1.68 bits per heavy atom. The number of hydrogen-bond donors (Lipinski definition) is 1. The van der Waals surface area contributed by atoms with Crippen molar-refractivity contribution >= 4 is 15.9 Å². The van der Waals surface area contributed by atoms with Crippen LogP contribution in [-0.4, -0.2) is 33.0 Å². The van der Waals surface area contributed by atoms with Crippen molar-refractivity contribution < 1.29 is 13.2 Å². The molecule has 0 radical (unpaired) electrons. The minimum atomic E-state index is -3.66. The minimum absolute atomic E-state index is 0.0243.